The third-order valence-electron chi connectivity index (χ3n) is 3.36. The molecule has 2 aromatic heterocycles. The number of aryl methyl sites for hydroxylation is 1. The number of nitrogens with one attached hydrogen (secondary N) is 1. The first kappa shape index (κ1) is 16.4. The number of amides is 1. The number of aromatic nitrogens is 2. The molecule has 2 heterocycles. The summed E-state index contributed by atoms with van der Waals surface area (Å²) in [6.45, 7) is 1.90. The fourth-order valence-electron chi connectivity index (χ4n) is 2.13. The van der Waals surface area contributed by atoms with E-state index in [9.17, 15) is 4.79 Å². The van der Waals surface area contributed by atoms with Gasteiger partial charge in [-0.15, -0.1) is 11.3 Å². The fourth-order valence-corrected chi connectivity index (χ4v) is 3.53. The van der Waals surface area contributed by atoms with Crippen molar-refractivity contribution in [2.45, 2.75) is 6.92 Å². The lowest BCUT2D eigenvalue weighted by molar-refractivity contribution is 0.103. The summed E-state index contributed by atoms with van der Waals surface area (Å²) in [5, 5.41) is 5.13. The number of methoxy groups -OCH3 is 2. The SMILES string of the molecule is COc1ccc(-c2nsc(NC(=O)c3sccc3C)n2)cc1OC. The average molecular weight is 361 g/mol. The van der Waals surface area contributed by atoms with Crippen LogP contribution in [0.25, 0.3) is 11.4 Å². The zero-order chi connectivity index (χ0) is 17.1. The Labute approximate surface area is 147 Å². The number of anilines is 1. The van der Waals surface area contributed by atoms with Crippen LogP contribution in [0, 0.1) is 6.92 Å². The Morgan fingerprint density at radius 2 is 1.96 bits per heavy atom. The van der Waals surface area contributed by atoms with Gasteiger partial charge in [-0.1, -0.05) is 0 Å². The molecule has 124 valence electrons. The van der Waals surface area contributed by atoms with Crippen LogP contribution in [0.3, 0.4) is 0 Å². The van der Waals surface area contributed by atoms with Crippen LogP contribution in [0.15, 0.2) is 29.6 Å². The summed E-state index contributed by atoms with van der Waals surface area (Å²) in [4.78, 5) is 17.3. The molecule has 0 saturated heterocycles. The number of thiophene rings is 1. The van der Waals surface area contributed by atoms with Crippen LogP contribution in [-0.4, -0.2) is 29.5 Å². The number of carbonyl (C=O) groups excluding carboxylic acids is 1. The lowest BCUT2D eigenvalue weighted by Crippen LogP contribution is -2.10. The topological polar surface area (TPSA) is 73.3 Å². The number of hydrogen-bond donors (Lipinski definition) is 1. The molecular formula is C16H15N3O3S2. The predicted molar refractivity (Wildman–Crippen MR) is 95.5 cm³/mol. The minimum absolute atomic E-state index is 0.169. The van der Waals surface area contributed by atoms with E-state index in [1.165, 1.54) is 11.3 Å². The molecule has 0 atom stereocenters. The predicted octanol–water partition coefficient (Wildman–Crippen LogP) is 3.84. The third kappa shape index (κ3) is 3.24. The van der Waals surface area contributed by atoms with Crippen molar-refractivity contribution >= 4 is 33.9 Å². The summed E-state index contributed by atoms with van der Waals surface area (Å²) < 4.78 is 14.8. The maximum atomic E-state index is 12.2. The van der Waals surface area contributed by atoms with Crippen LogP contribution in [0.4, 0.5) is 5.13 Å². The van der Waals surface area contributed by atoms with Crippen molar-refractivity contribution in [3.8, 4) is 22.9 Å². The first-order valence-corrected chi connectivity index (χ1v) is 8.69. The number of nitrogens with zero attached hydrogens (tertiary/aromatic N) is 2. The molecule has 8 heteroatoms. The molecule has 0 aliphatic rings. The summed E-state index contributed by atoms with van der Waals surface area (Å²) >= 11 is 2.54. The molecule has 1 N–H and O–H groups in total. The molecule has 0 radical (unpaired) electrons. The van der Waals surface area contributed by atoms with Crippen molar-refractivity contribution in [3.05, 3.63) is 40.1 Å². The molecule has 0 aliphatic heterocycles. The van der Waals surface area contributed by atoms with Crippen molar-refractivity contribution in [2.75, 3.05) is 19.5 Å². The van der Waals surface area contributed by atoms with Crippen LogP contribution >= 0.6 is 22.9 Å². The quantitative estimate of drug-likeness (QED) is 0.747. The molecule has 0 bridgehead atoms. The Kier molecular flexibility index (Phi) is 4.77. The van der Waals surface area contributed by atoms with E-state index in [0.717, 1.165) is 22.7 Å². The average Bonchev–Trinajstić information content (AvgIpc) is 3.23. The lowest BCUT2D eigenvalue weighted by atomic mass is 10.2. The van der Waals surface area contributed by atoms with E-state index < -0.39 is 0 Å². The normalized spacial score (nSPS) is 10.5. The highest BCUT2D eigenvalue weighted by Crippen LogP contribution is 2.32. The monoisotopic (exact) mass is 361 g/mol. The number of rotatable bonds is 5. The van der Waals surface area contributed by atoms with E-state index in [4.69, 9.17) is 9.47 Å². The van der Waals surface area contributed by atoms with Gasteiger partial charge in [-0.05, 0) is 42.1 Å². The molecule has 0 aliphatic carbocycles. The van der Waals surface area contributed by atoms with E-state index >= 15 is 0 Å². The number of benzene rings is 1. The first-order chi connectivity index (χ1) is 11.6. The van der Waals surface area contributed by atoms with Crippen LogP contribution in [0.5, 0.6) is 11.5 Å². The molecule has 1 amide bonds. The summed E-state index contributed by atoms with van der Waals surface area (Å²) in [6, 6.07) is 7.35. The lowest BCUT2D eigenvalue weighted by Gasteiger charge is -2.07. The van der Waals surface area contributed by atoms with E-state index in [-0.39, 0.29) is 5.91 Å². The maximum Gasteiger partial charge on any atom is 0.267 e. The highest BCUT2D eigenvalue weighted by atomic mass is 32.1. The van der Waals surface area contributed by atoms with E-state index in [0.29, 0.717) is 27.3 Å². The van der Waals surface area contributed by atoms with E-state index in [1.807, 2.05) is 24.4 Å². The summed E-state index contributed by atoms with van der Waals surface area (Å²) in [7, 11) is 3.16. The van der Waals surface area contributed by atoms with Crippen molar-refractivity contribution in [2.24, 2.45) is 0 Å². The minimum atomic E-state index is -0.169. The van der Waals surface area contributed by atoms with Gasteiger partial charge in [-0.3, -0.25) is 10.1 Å². The van der Waals surface area contributed by atoms with Gasteiger partial charge >= 0.3 is 0 Å². The fraction of sp³-hybridized carbons (Fsp3) is 0.188. The van der Waals surface area contributed by atoms with Crippen molar-refractivity contribution < 1.29 is 14.3 Å². The zero-order valence-electron chi connectivity index (χ0n) is 13.3. The van der Waals surface area contributed by atoms with E-state index in [2.05, 4.69) is 14.7 Å². The summed E-state index contributed by atoms with van der Waals surface area (Å²) in [6.07, 6.45) is 0. The smallest absolute Gasteiger partial charge is 0.267 e. The number of carbonyl (C=O) groups is 1. The van der Waals surface area contributed by atoms with E-state index in [1.54, 1.807) is 26.4 Å². The van der Waals surface area contributed by atoms with Gasteiger partial charge in [0, 0.05) is 17.1 Å². The van der Waals surface area contributed by atoms with Gasteiger partial charge in [-0.2, -0.15) is 9.36 Å². The molecule has 3 rings (SSSR count). The molecular weight excluding hydrogens is 346 g/mol. The van der Waals surface area contributed by atoms with Crippen LogP contribution in [-0.2, 0) is 0 Å². The van der Waals surface area contributed by atoms with Gasteiger partial charge in [0.15, 0.2) is 17.3 Å². The summed E-state index contributed by atoms with van der Waals surface area (Å²) in [5.41, 5.74) is 1.74. The zero-order valence-corrected chi connectivity index (χ0v) is 15.0. The number of ether oxygens (including phenoxy) is 2. The van der Waals surface area contributed by atoms with Gasteiger partial charge in [0.05, 0.1) is 19.1 Å². The molecule has 6 nitrogen and oxygen atoms in total. The standard InChI is InChI=1S/C16H15N3O3S2/c1-9-6-7-23-13(9)15(20)18-16-17-14(19-24-16)10-4-5-11(21-2)12(8-10)22-3/h4-8H,1-3H3,(H,17,18,19,20). The van der Waals surface area contributed by atoms with Gasteiger partial charge in [0.25, 0.3) is 5.91 Å². The van der Waals surface area contributed by atoms with Gasteiger partial charge < -0.3 is 9.47 Å². The second-order valence-electron chi connectivity index (χ2n) is 4.88. The Morgan fingerprint density at radius 1 is 1.17 bits per heavy atom. The molecule has 0 unspecified atom stereocenters. The Hall–Kier alpha value is -2.45. The van der Waals surface area contributed by atoms with Crippen LogP contribution < -0.4 is 14.8 Å². The molecule has 0 fully saturated rings. The molecule has 3 aromatic rings. The van der Waals surface area contributed by atoms with Crippen molar-refractivity contribution in [3.63, 3.8) is 0 Å². The van der Waals surface area contributed by atoms with Crippen molar-refractivity contribution in [1.29, 1.82) is 0 Å². The Bertz CT molecular complexity index is 873. The molecule has 24 heavy (non-hydrogen) atoms. The van der Waals surface area contributed by atoms with Crippen LogP contribution in [0.2, 0.25) is 0 Å². The second-order valence-corrected chi connectivity index (χ2v) is 6.55. The second kappa shape index (κ2) is 6.98. The maximum absolute atomic E-state index is 12.2. The minimum Gasteiger partial charge on any atom is -0.493 e. The van der Waals surface area contributed by atoms with Gasteiger partial charge in [-0.25, -0.2) is 0 Å². The van der Waals surface area contributed by atoms with Crippen molar-refractivity contribution in [1.82, 2.24) is 9.36 Å². The molecule has 0 saturated carbocycles. The molecule has 0 spiro atoms. The highest BCUT2D eigenvalue weighted by molar-refractivity contribution is 7.13. The summed E-state index contributed by atoms with van der Waals surface area (Å²) in [5.74, 6) is 1.60. The highest BCUT2D eigenvalue weighted by Gasteiger charge is 2.15. The van der Waals surface area contributed by atoms with Gasteiger partial charge in [0.2, 0.25) is 5.13 Å². The number of hydrogen-bond acceptors (Lipinski definition) is 7. The third-order valence-corrected chi connectivity index (χ3v) is 5.00. The van der Waals surface area contributed by atoms with Crippen LogP contribution in [0.1, 0.15) is 15.2 Å². The Morgan fingerprint density at radius 3 is 2.62 bits per heavy atom. The first-order valence-electron chi connectivity index (χ1n) is 7.04. The molecule has 1 aromatic carbocycles. The largest absolute Gasteiger partial charge is 0.493 e. The van der Waals surface area contributed by atoms with Gasteiger partial charge in [0.1, 0.15) is 0 Å². The Balaban J connectivity index is 1.81.